The summed E-state index contributed by atoms with van der Waals surface area (Å²) in [6.07, 6.45) is 4.38. The lowest BCUT2D eigenvalue weighted by Crippen LogP contribution is -2.36. The first-order valence-electron chi connectivity index (χ1n) is 6.24. The normalized spacial score (nSPS) is 20.4. The summed E-state index contributed by atoms with van der Waals surface area (Å²) in [4.78, 5) is 6.82. The maximum Gasteiger partial charge on any atom is 0.171 e. The lowest BCUT2D eigenvalue weighted by molar-refractivity contribution is 0.336. The summed E-state index contributed by atoms with van der Waals surface area (Å²) in [5, 5.41) is 1.07. The van der Waals surface area contributed by atoms with Gasteiger partial charge >= 0.3 is 0 Å². The molecule has 1 aliphatic rings. The van der Waals surface area contributed by atoms with Gasteiger partial charge in [-0.15, -0.1) is 0 Å². The molecular weight excluding hydrogens is 280 g/mol. The van der Waals surface area contributed by atoms with Gasteiger partial charge in [0.15, 0.2) is 11.6 Å². The van der Waals surface area contributed by atoms with Crippen molar-refractivity contribution in [1.82, 2.24) is 4.98 Å². The van der Waals surface area contributed by atoms with Crippen molar-refractivity contribution in [2.24, 2.45) is 5.92 Å². The second-order valence-electron chi connectivity index (χ2n) is 4.37. The van der Waals surface area contributed by atoms with Crippen LogP contribution in [-0.2, 0) is 0 Å². The number of anilines is 1. The van der Waals surface area contributed by atoms with Crippen LogP contribution in [0.2, 0.25) is 0 Å². The Bertz CT molecular complexity index is 359. The van der Waals surface area contributed by atoms with Crippen LogP contribution in [0.4, 0.5) is 5.82 Å². The van der Waals surface area contributed by atoms with Gasteiger partial charge in [0.05, 0.1) is 6.61 Å². The van der Waals surface area contributed by atoms with E-state index >= 15 is 0 Å². The highest BCUT2D eigenvalue weighted by molar-refractivity contribution is 9.09. The van der Waals surface area contributed by atoms with E-state index in [1.54, 1.807) is 0 Å². The molecule has 3 nitrogen and oxygen atoms in total. The van der Waals surface area contributed by atoms with Gasteiger partial charge in [0.1, 0.15) is 0 Å². The molecule has 1 atom stereocenters. The number of halogens is 1. The van der Waals surface area contributed by atoms with Gasteiger partial charge in [-0.3, -0.25) is 0 Å². The number of pyridine rings is 1. The van der Waals surface area contributed by atoms with E-state index in [9.17, 15) is 0 Å². The fourth-order valence-corrected chi connectivity index (χ4v) is 2.80. The highest BCUT2D eigenvalue weighted by Gasteiger charge is 2.22. The van der Waals surface area contributed by atoms with E-state index in [4.69, 9.17) is 4.74 Å². The number of ether oxygens (including phenoxy) is 1. The van der Waals surface area contributed by atoms with E-state index in [0.717, 1.165) is 35.9 Å². The topological polar surface area (TPSA) is 25.4 Å². The van der Waals surface area contributed by atoms with Crippen molar-refractivity contribution in [3.63, 3.8) is 0 Å². The van der Waals surface area contributed by atoms with Crippen molar-refractivity contribution in [1.29, 1.82) is 0 Å². The van der Waals surface area contributed by atoms with Crippen molar-refractivity contribution in [3.8, 4) is 5.75 Å². The number of aromatic nitrogens is 1. The van der Waals surface area contributed by atoms with Gasteiger partial charge in [-0.2, -0.15) is 0 Å². The molecule has 0 aromatic carbocycles. The van der Waals surface area contributed by atoms with Gasteiger partial charge in [0.2, 0.25) is 0 Å². The predicted molar refractivity (Wildman–Crippen MR) is 74.1 cm³/mol. The molecule has 1 fully saturated rings. The first-order valence-corrected chi connectivity index (χ1v) is 7.36. The molecule has 0 aliphatic carbocycles. The third-order valence-electron chi connectivity index (χ3n) is 3.09. The van der Waals surface area contributed by atoms with Crippen LogP contribution in [0.25, 0.3) is 0 Å². The largest absolute Gasteiger partial charge is 0.490 e. The van der Waals surface area contributed by atoms with Gasteiger partial charge in [0, 0.05) is 24.6 Å². The van der Waals surface area contributed by atoms with Gasteiger partial charge in [-0.05, 0) is 37.8 Å². The van der Waals surface area contributed by atoms with Crippen LogP contribution in [0.5, 0.6) is 5.75 Å². The molecule has 0 N–H and O–H groups in total. The molecular formula is C13H19BrN2O. The van der Waals surface area contributed by atoms with Crippen molar-refractivity contribution >= 4 is 21.7 Å². The average Bonchev–Trinajstić information content (AvgIpc) is 2.40. The summed E-state index contributed by atoms with van der Waals surface area (Å²) in [6.45, 7) is 4.85. The monoisotopic (exact) mass is 298 g/mol. The second kappa shape index (κ2) is 6.24. The second-order valence-corrected chi connectivity index (χ2v) is 5.01. The Morgan fingerprint density at radius 1 is 1.59 bits per heavy atom. The van der Waals surface area contributed by atoms with Crippen LogP contribution in [-0.4, -0.2) is 30.0 Å². The summed E-state index contributed by atoms with van der Waals surface area (Å²) >= 11 is 3.58. The van der Waals surface area contributed by atoms with Crippen LogP contribution in [0.15, 0.2) is 18.3 Å². The van der Waals surface area contributed by atoms with Gasteiger partial charge in [-0.25, -0.2) is 4.98 Å². The van der Waals surface area contributed by atoms with Gasteiger partial charge in [0.25, 0.3) is 0 Å². The minimum atomic E-state index is 0.689. The molecule has 94 valence electrons. The number of alkyl halides is 1. The van der Waals surface area contributed by atoms with Gasteiger partial charge < -0.3 is 9.64 Å². The van der Waals surface area contributed by atoms with Crippen molar-refractivity contribution in [2.45, 2.75) is 19.8 Å². The molecule has 0 bridgehead atoms. The standard InChI is InChI=1S/C13H19BrN2O/c1-2-17-12-6-3-7-15-13(12)16-8-4-5-11(9-14)10-16/h3,6-7,11H,2,4-5,8-10H2,1H3. The van der Waals surface area contributed by atoms with E-state index in [1.807, 2.05) is 25.3 Å². The quantitative estimate of drug-likeness (QED) is 0.799. The van der Waals surface area contributed by atoms with E-state index < -0.39 is 0 Å². The molecule has 17 heavy (non-hydrogen) atoms. The third-order valence-corrected chi connectivity index (χ3v) is 4.00. The number of hydrogen-bond donors (Lipinski definition) is 0. The lowest BCUT2D eigenvalue weighted by atomic mass is 10.0. The summed E-state index contributed by atoms with van der Waals surface area (Å²) in [5.74, 6) is 2.63. The number of nitrogens with zero attached hydrogens (tertiary/aromatic N) is 2. The zero-order valence-corrected chi connectivity index (χ0v) is 11.8. The molecule has 1 aliphatic heterocycles. The lowest BCUT2D eigenvalue weighted by Gasteiger charge is -2.33. The molecule has 1 unspecified atom stereocenters. The first kappa shape index (κ1) is 12.7. The molecule has 0 amide bonds. The van der Waals surface area contributed by atoms with Crippen LogP contribution >= 0.6 is 15.9 Å². The molecule has 2 rings (SSSR count). The van der Waals surface area contributed by atoms with Crippen LogP contribution in [0.3, 0.4) is 0 Å². The Hall–Kier alpha value is -0.770. The SMILES string of the molecule is CCOc1cccnc1N1CCCC(CBr)C1. The molecule has 1 aromatic rings. The summed E-state index contributed by atoms with van der Waals surface area (Å²) in [6, 6.07) is 3.93. The molecule has 0 saturated carbocycles. The van der Waals surface area contributed by atoms with E-state index in [-0.39, 0.29) is 0 Å². The summed E-state index contributed by atoms with van der Waals surface area (Å²) in [7, 11) is 0. The molecule has 1 aromatic heterocycles. The minimum absolute atomic E-state index is 0.689. The van der Waals surface area contributed by atoms with Gasteiger partial charge in [-0.1, -0.05) is 15.9 Å². The summed E-state index contributed by atoms with van der Waals surface area (Å²) in [5.41, 5.74) is 0. The smallest absolute Gasteiger partial charge is 0.171 e. The zero-order chi connectivity index (χ0) is 12.1. The third kappa shape index (κ3) is 3.12. The predicted octanol–water partition coefficient (Wildman–Crippen LogP) is 3.09. The highest BCUT2D eigenvalue weighted by Crippen LogP contribution is 2.29. The zero-order valence-electron chi connectivity index (χ0n) is 10.2. The molecule has 0 radical (unpaired) electrons. The first-order chi connectivity index (χ1) is 8.35. The van der Waals surface area contributed by atoms with E-state index in [1.165, 1.54) is 12.8 Å². The van der Waals surface area contributed by atoms with Crippen molar-refractivity contribution in [3.05, 3.63) is 18.3 Å². The summed E-state index contributed by atoms with van der Waals surface area (Å²) < 4.78 is 5.64. The fraction of sp³-hybridized carbons (Fsp3) is 0.615. The van der Waals surface area contributed by atoms with Crippen molar-refractivity contribution in [2.75, 3.05) is 29.9 Å². The highest BCUT2D eigenvalue weighted by atomic mass is 79.9. The van der Waals surface area contributed by atoms with Crippen LogP contribution in [0, 0.1) is 5.92 Å². The maximum atomic E-state index is 5.64. The Balaban J connectivity index is 2.15. The Labute approximate surface area is 111 Å². The maximum absolute atomic E-state index is 5.64. The van der Waals surface area contributed by atoms with Crippen LogP contribution in [0.1, 0.15) is 19.8 Å². The van der Waals surface area contributed by atoms with Crippen molar-refractivity contribution < 1.29 is 4.74 Å². The van der Waals surface area contributed by atoms with Crippen LogP contribution < -0.4 is 9.64 Å². The Kier molecular flexibility index (Phi) is 4.66. The molecule has 0 spiro atoms. The molecule has 4 heteroatoms. The number of hydrogen-bond acceptors (Lipinski definition) is 3. The average molecular weight is 299 g/mol. The fourth-order valence-electron chi connectivity index (χ4n) is 2.27. The minimum Gasteiger partial charge on any atom is -0.490 e. The Morgan fingerprint density at radius 3 is 3.24 bits per heavy atom. The number of piperidine rings is 1. The van der Waals surface area contributed by atoms with E-state index in [2.05, 4.69) is 25.8 Å². The molecule has 1 saturated heterocycles. The van der Waals surface area contributed by atoms with E-state index in [0.29, 0.717) is 6.61 Å². The Morgan fingerprint density at radius 2 is 2.47 bits per heavy atom. The number of rotatable bonds is 4. The molecule has 2 heterocycles.